The second kappa shape index (κ2) is 11.8. The highest BCUT2D eigenvalue weighted by Gasteiger charge is 2.23. The van der Waals surface area contributed by atoms with Crippen LogP contribution in [0.2, 0.25) is 0 Å². The van der Waals surface area contributed by atoms with E-state index in [2.05, 4.69) is 27.2 Å². The van der Waals surface area contributed by atoms with Gasteiger partial charge in [0.2, 0.25) is 0 Å². The number of nitrogens with one attached hydrogen (secondary N) is 1. The first-order valence-electron chi connectivity index (χ1n) is 12.8. The molecule has 4 aromatic rings. The van der Waals surface area contributed by atoms with Crippen molar-refractivity contribution in [2.45, 2.75) is 6.54 Å². The van der Waals surface area contributed by atoms with E-state index in [4.69, 9.17) is 9.15 Å². The van der Waals surface area contributed by atoms with Crippen LogP contribution < -0.4 is 10.2 Å². The normalized spacial score (nSPS) is 13.6. The zero-order valence-corrected chi connectivity index (χ0v) is 21.9. The minimum Gasteiger partial charge on any atom is -0.465 e. The molecule has 0 aliphatic carbocycles. The fraction of sp³-hybridized carbons (Fsp3) is 0.200. The first-order chi connectivity index (χ1) is 19.4. The maximum Gasteiger partial charge on any atom is 0.337 e. The van der Waals surface area contributed by atoms with Crippen molar-refractivity contribution in [3.63, 3.8) is 0 Å². The third-order valence-corrected chi connectivity index (χ3v) is 6.80. The molecular formula is C30H28N4O6. The van der Waals surface area contributed by atoms with Gasteiger partial charge in [-0.2, -0.15) is 0 Å². The topological polar surface area (TPSA) is 118 Å². The van der Waals surface area contributed by atoms with Crippen LogP contribution in [0.5, 0.6) is 0 Å². The number of hydrogen-bond acceptors (Lipinski definition) is 8. The number of furan rings is 1. The van der Waals surface area contributed by atoms with E-state index in [1.165, 1.54) is 30.9 Å². The Hall–Kier alpha value is -4.96. The third kappa shape index (κ3) is 6.02. The van der Waals surface area contributed by atoms with E-state index in [0.29, 0.717) is 22.6 Å². The highest BCUT2D eigenvalue weighted by atomic mass is 16.6. The molecule has 0 saturated carbocycles. The number of hydrogen-bond donors (Lipinski definition) is 1. The number of amides is 1. The molecule has 1 aliphatic heterocycles. The minimum atomic E-state index is -0.513. The molecule has 2 heterocycles. The van der Waals surface area contributed by atoms with Crippen molar-refractivity contribution in [3.05, 3.63) is 112 Å². The summed E-state index contributed by atoms with van der Waals surface area (Å²) in [6, 6.07) is 24.5. The number of non-ortho nitro benzene ring substituents is 1. The first kappa shape index (κ1) is 26.6. The van der Waals surface area contributed by atoms with Crippen LogP contribution in [0.3, 0.4) is 0 Å². The number of nitrogens with zero attached hydrogens (tertiary/aromatic N) is 3. The molecule has 1 fully saturated rings. The number of benzene rings is 3. The molecule has 5 rings (SSSR count). The summed E-state index contributed by atoms with van der Waals surface area (Å²) >= 11 is 0. The zero-order chi connectivity index (χ0) is 28.1. The maximum atomic E-state index is 13.2. The van der Waals surface area contributed by atoms with E-state index in [-0.39, 0.29) is 11.4 Å². The summed E-state index contributed by atoms with van der Waals surface area (Å²) in [4.78, 5) is 40.7. The summed E-state index contributed by atoms with van der Waals surface area (Å²) < 4.78 is 10.6. The Labute approximate surface area is 230 Å². The predicted molar refractivity (Wildman–Crippen MR) is 150 cm³/mol. The number of carbonyl (C=O) groups is 2. The van der Waals surface area contributed by atoms with Gasteiger partial charge in [-0.1, -0.05) is 42.5 Å². The lowest BCUT2D eigenvalue weighted by Gasteiger charge is -2.37. The summed E-state index contributed by atoms with van der Waals surface area (Å²) in [5.74, 6) is -0.668. The molecule has 1 N–H and O–H groups in total. The van der Waals surface area contributed by atoms with Crippen LogP contribution in [0, 0.1) is 10.1 Å². The molecule has 204 valence electrons. The molecule has 0 radical (unpaired) electrons. The van der Waals surface area contributed by atoms with Crippen LogP contribution in [-0.4, -0.2) is 55.0 Å². The van der Waals surface area contributed by atoms with Crippen molar-refractivity contribution in [1.29, 1.82) is 0 Å². The Kier molecular flexibility index (Phi) is 7.88. The van der Waals surface area contributed by atoms with Gasteiger partial charge in [0.1, 0.15) is 5.76 Å². The molecule has 3 aromatic carbocycles. The van der Waals surface area contributed by atoms with Gasteiger partial charge in [-0.05, 0) is 35.9 Å². The van der Waals surface area contributed by atoms with E-state index in [0.717, 1.165) is 38.4 Å². The Morgan fingerprint density at radius 1 is 0.950 bits per heavy atom. The van der Waals surface area contributed by atoms with Gasteiger partial charge in [-0.25, -0.2) is 4.79 Å². The van der Waals surface area contributed by atoms with E-state index < -0.39 is 16.8 Å². The number of rotatable bonds is 8. The molecule has 0 spiro atoms. The smallest absolute Gasteiger partial charge is 0.337 e. The largest absolute Gasteiger partial charge is 0.465 e. The quantitative estimate of drug-likeness (QED) is 0.184. The van der Waals surface area contributed by atoms with Gasteiger partial charge < -0.3 is 19.4 Å². The molecule has 0 unspecified atom stereocenters. The number of piperazine rings is 1. The third-order valence-electron chi connectivity index (χ3n) is 6.80. The predicted octanol–water partition coefficient (Wildman–Crippen LogP) is 5.22. The van der Waals surface area contributed by atoms with Gasteiger partial charge in [0.25, 0.3) is 11.6 Å². The van der Waals surface area contributed by atoms with E-state index in [1.807, 2.05) is 24.3 Å². The Morgan fingerprint density at radius 2 is 1.73 bits per heavy atom. The lowest BCUT2D eigenvalue weighted by molar-refractivity contribution is -0.384. The highest BCUT2D eigenvalue weighted by molar-refractivity contribution is 6.05. The van der Waals surface area contributed by atoms with Crippen LogP contribution in [0.15, 0.2) is 89.3 Å². The van der Waals surface area contributed by atoms with Crippen LogP contribution in [0.1, 0.15) is 26.5 Å². The van der Waals surface area contributed by atoms with Crippen molar-refractivity contribution in [3.8, 4) is 11.3 Å². The molecule has 1 amide bonds. The van der Waals surface area contributed by atoms with E-state index >= 15 is 0 Å². The fourth-order valence-electron chi connectivity index (χ4n) is 4.72. The van der Waals surface area contributed by atoms with Gasteiger partial charge in [0, 0.05) is 50.4 Å². The van der Waals surface area contributed by atoms with Crippen LogP contribution in [-0.2, 0) is 11.3 Å². The number of esters is 1. The lowest BCUT2D eigenvalue weighted by atomic mass is 10.1. The summed E-state index contributed by atoms with van der Waals surface area (Å²) in [5.41, 5.74) is 3.21. The summed E-state index contributed by atoms with van der Waals surface area (Å²) in [7, 11) is 1.30. The van der Waals surface area contributed by atoms with Crippen molar-refractivity contribution < 1.29 is 23.7 Å². The van der Waals surface area contributed by atoms with Crippen molar-refractivity contribution >= 4 is 28.9 Å². The molecule has 1 saturated heterocycles. The van der Waals surface area contributed by atoms with Crippen molar-refractivity contribution in [2.24, 2.45) is 0 Å². The molecule has 1 aliphatic rings. The maximum absolute atomic E-state index is 13.2. The first-order valence-corrected chi connectivity index (χ1v) is 12.8. The second-order valence-corrected chi connectivity index (χ2v) is 9.40. The van der Waals surface area contributed by atoms with Crippen molar-refractivity contribution in [1.82, 2.24) is 4.90 Å². The van der Waals surface area contributed by atoms with Gasteiger partial charge in [-0.3, -0.25) is 19.8 Å². The molecule has 40 heavy (non-hydrogen) atoms. The average molecular weight is 541 g/mol. The molecule has 0 bridgehead atoms. The second-order valence-electron chi connectivity index (χ2n) is 9.40. The summed E-state index contributed by atoms with van der Waals surface area (Å²) in [6.45, 7) is 4.03. The van der Waals surface area contributed by atoms with Gasteiger partial charge >= 0.3 is 5.97 Å². The number of ether oxygens (including phenoxy) is 1. The summed E-state index contributed by atoms with van der Waals surface area (Å²) in [5, 5.41) is 14.0. The number of nitro benzene ring substituents is 1. The monoisotopic (exact) mass is 540 g/mol. The molecule has 0 atom stereocenters. The van der Waals surface area contributed by atoms with Gasteiger partial charge in [-0.15, -0.1) is 0 Å². The van der Waals surface area contributed by atoms with Gasteiger partial charge in [0.05, 0.1) is 29.0 Å². The number of carbonyl (C=O) groups excluding carboxylic acids is 2. The zero-order valence-electron chi connectivity index (χ0n) is 21.9. The minimum absolute atomic E-state index is 0.0311. The standard InChI is InChI=1S/C30H28N4O6/c1-39-30(36)23-10-11-26(33-16-14-32(15-17-33)20-21-6-3-2-4-7-21)25(19-23)31-29(35)28-13-12-27(40-28)22-8-5-9-24(18-22)34(37)38/h2-13,18-19H,14-17,20H2,1H3,(H,31,35). The molecule has 10 heteroatoms. The van der Waals surface area contributed by atoms with Crippen LogP contribution in [0.4, 0.5) is 17.1 Å². The van der Waals surface area contributed by atoms with Crippen molar-refractivity contribution in [2.75, 3.05) is 43.5 Å². The van der Waals surface area contributed by atoms with Crippen LogP contribution in [0.25, 0.3) is 11.3 Å². The molecule has 1 aromatic heterocycles. The average Bonchev–Trinajstić information content (AvgIpc) is 3.49. The number of nitro groups is 1. The van der Waals surface area contributed by atoms with Crippen LogP contribution >= 0.6 is 0 Å². The van der Waals surface area contributed by atoms with E-state index in [9.17, 15) is 19.7 Å². The molecular weight excluding hydrogens is 512 g/mol. The number of anilines is 2. The number of methoxy groups -OCH3 is 1. The van der Waals surface area contributed by atoms with Gasteiger partial charge in [0.15, 0.2) is 5.76 Å². The Balaban J connectivity index is 1.34. The Bertz CT molecular complexity index is 1530. The SMILES string of the molecule is COC(=O)c1ccc(N2CCN(Cc3ccccc3)CC2)c(NC(=O)c2ccc(-c3cccc([N+](=O)[O-])c3)o2)c1. The van der Waals surface area contributed by atoms with E-state index in [1.54, 1.807) is 30.3 Å². The fourth-order valence-corrected chi connectivity index (χ4v) is 4.72. The summed E-state index contributed by atoms with van der Waals surface area (Å²) in [6.07, 6.45) is 0. The Morgan fingerprint density at radius 3 is 2.45 bits per heavy atom. The highest BCUT2D eigenvalue weighted by Crippen LogP contribution is 2.31. The lowest BCUT2D eigenvalue weighted by Crippen LogP contribution is -2.46. The molecule has 10 nitrogen and oxygen atoms in total.